The Labute approximate surface area is 126 Å². The summed E-state index contributed by atoms with van der Waals surface area (Å²) in [7, 11) is 0. The maximum Gasteiger partial charge on any atom is 0.224 e. The minimum absolute atomic E-state index is 0.147. The molecule has 0 radical (unpaired) electrons. The number of rotatable bonds is 4. The van der Waals surface area contributed by atoms with Gasteiger partial charge in [-0.2, -0.15) is 15.1 Å². The molecule has 0 aromatic carbocycles. The molecule has 3 N–H and O–H groups in total. The fourth-order valence-electron chi connectivity index (χ4n) is 2.31. The van der Waals surface area contributed by atoms with E-state index in [2.05, 4.69) is 15.1 Å². The van der Waals surface area contributed by atoms with Gasteiger partial charge in [-0.25, -0.2) is 4.68 Å². The average Bonchev–Trinajstić information content (AvgIpc) is 2.82. The Balaban J connectivity index is 1.96. The quantitative estimate of drug-likeness (QED) is 0.601. The summed E-state index contributed by atoms with van der Waals surface area (Å²) in [5, 5.41) is 13.7. The molecule has 1 fully saturated rings. The van der Waals surface area contributed by atoms with Crippen molar-refractivity contribution in [1.29, 1.82) is 0 Å². The van der Waals surface area contributed by atoms with Gasteiger partial charge in [0.2, 0.25) is 5.95 Å². The number of carbonyl (C=O) groups is 1. The lowest BCUT2D eigenvalue weighted by Gasteiger charge is -2.36. The van der Waals surface area contributed by atoms with Crippen molar-refractivity contribution in [3.8, 4) is 5.82 Å². The van der Waals surface area contributed by atoms with Crippen LogP contribution in [0.25, 0.3) is 11.9 Å². The van der Waals surface area contributed by atoms with Crippen LogP contribution in [-0.2, 0) is 4.79 Å². The molecule has 114 valence electrons. The monoisotopic (exact) mass is 300 g/mol. The van der Waals surface area contributed by atoms with E-state index in [9.17, 15) is 9.90 Å². The fraction of sp³-hybridized carbons (Fsp3) is 0.286. The maximum atomic E-state index is 10.4. The van der Waals surface area contributed by atoms with Gasteiger partial charge in [0.1, 0.15) is 12.1 Å². The first-order valence-electron chi connectivity index (χ1n) is 6.83. The number of nitrogens with two attached hydrogens (primary N) is 1. The molecule has 0 spiro atoms. The number of nitrogen functional groups attached to an aromatic ring is 1. The summed E-state index contributed by atoms with van der Waals surface area (Å²) in [5.41, 5.74) is 7.44. The number of β-amino-alcohol motifs (C(OH)–C–C–N with tert-alkyl or cyclic N) is 1. The summed E-state index contributed by atoms with van der Waals surface area (Å²) in [6.45, 7) is 2.94. The molecule has 0 bridgehead atoms. The zero-order chi connectivity index (χ0) is 15.7. The SMILES string of the molecule is Cc1c(/C=C/C=O)cnn1-c1cc(N2CC(O)C2)nc(N)n1. The molecular formula is C14H16N6O2. The number of carbonyl (C=O) groups excluding carboxylic acids is 1. The molecular weight excluding hydrogens is 284 g/mol. The first-order chi connectivity index (χ1) is 10.6. The zero-order valence-corrected chi connectivity index (χ0v) is 12.0. The van der Waals surface area contributed by atoms with E-state index >= 15 is 0 Å². The van der Waals surface area contributed by atoms with Crippen molar-refractivity contribution in [2.24, 2.45) is 0 Å². The lowest BCUT2D eigenvalue weighted by atomic mass is 10.2. The Morgan fingerprint density at radius 1 is 1.36 bits per heavy atom. The van der Waals surface area contributed by atoms with Crippen LogP contribution in [0.5, 0.6) is 0 Å². The van der Waals surface area contributed by atoms with Crippen molar-refractivity contribution < 1.29 is 9.90 Å². The Morgan fingerprint density at radius 2 is 2.09 bits per heavy atom. The second kappa shape index (κ2) is 5.57. The number of allylic oxidation sites excluding steroid dienone is 1. The third kappa shape index (κ3) is 2.56. The second-order valence-electron chi connectivity index (χ2n) is 5.09. The van der Waals surface area contributed by atoms with E-state index in [-0.39, 0.29) is 12.1 Å². The largest absolute Gasteiger partial charge is 0.389 e. The van der Waals surface area contributed by atoms with Gasteiger partial charge in [-0.1, -0.05) is 0 Å². The van der Waals surface area contributed by atoms with Crippen LogP contribution in [0.2, 0.25) is 0 Å². The minimum Gasteiger partial charge on any atom is -0.389 e. The van der Waals surface area contributed by atoms with Crippen LogP contribution < -0.4 is 10.6 Å². The molecule has 2 aromatic heterocycles. The van der Waals surface area contributed by atoms with Crippen LogP contribution in [0.15, 0.2) is 18.3 Å². The third-order valence-corrected chi connectivity index (χ3v) is 3.52. The van der Waals surface area contributed by atoms with Crippen molar-refractivity contribution in [1.82, 2.24) is 19.7 Å². The van der Waals surface area contributed by atoms with Gasteiger partial charge in [0, 0.05) is 24.7 Å². The van der Waals surface area contributed by atoms with E-state index in [1.807, 2.05) is 11.8 Å². The van der Waals surface area contributed by atoms with Crippen LogP contribution in [0, 0.1) is 6.92 Å². The van der Waals surface area contributed by atoms with Crippen LogP contribution in [-0.4, -0.2) is 50.3 Å². The van der Waals surface area contributed by atoms with Crippen LogP contribution in [0.4, 0.5) is 11.8 Å². The smallest absolute Gasteiger partial charge is 0.224 e. The van der Waals surface area contributed by atoms with Gasteiger partial charge >= 0.3 is 0 Å². The minimum atomic E-state index is -0.328. The number of hydrogen-bond acceptors (Lipinski definition) is 7. The van der Waals surface area contributed by atoms with Gasteiger partial charge in [0.25, 0.3) is 0 Å². The molecule has 1 aliphatic heterocycles. The lowest BCUT2D eigenvalue weighted by molar-refractivity contribution is -0.104. The van der Waals surface area contributed by atoms with Gasteiger partial charge in [0.15, 0.2) is 5.82 Å². The van der Waals surface area contributed by atoms with E-state index in [0.29, 0.717) is 31.0 Å². The fourth-order valence-corrected chi connectivity index (χ4v) is 2.31. The molecule has 0 amide bonds. The van der Waals surface area contributed by atoms with E-state index in [1.54, 1.807) is 23.0 Å². The molecule has 8 nitrogen and oxygen atoms in total. The average molecular weight is 300 g/mol. The number of nitrogens with zero attached hydrogens (tertiary/aromatic N) is 5. The molecule has 1 aliphatic rings. The highest BCUT2D eigenvalue weighted by Crippen LogP contribution is 2.22. The molecule has 0 unspecified atom stereocenters. The van der Waals surface area contributed by atoms with E-state index in [1.165, 1.54) is 6.08 Å². The van der Waals surface area contributed by atoms with Crippen molar-refractivity contribution in [3.05, 3.63) is 29.6 Å². The number of aromatic nitrogens is 4. The van der Waals surface area contributed by atoms with Crippen molar-refractivity contribution in [2.45, 2.75) is 13.0 Å². The van der Waals surface area contributed by atoms with E-state index in [0.717, 1.165) is 11.3 Å². The summed E-state index contributed by atoms with van der Waals surface area (Å²) in [6.07, 6.45) is 5.14. The van der Waals surface area contributed by atoms with E-state index in [4.69, 9.17) is 5.73 Å². The van der Waals surface area contributed by atoms with Gasteiger partial charge in [-0.15, -0.1) is 0 Å². The first kappa shape index (κ1) is 14.2. The molecule has 0 saturated carbocycles. The van der Waals surface area contributed by atoms with Crippen molar-refractivity contribution in [2.75, 3.05) is 23.7 Å². The van der Waals surface area contributed by atoms with Gasteiger partial charge < -0.3 is 15.7 Å². The lowest BCUT2D eigenvalue weighted by Crippen LogP contribution is -2.51. The molecule has 0 aliphatic carbocycles. The molecule has 8 heteroatoms. The van der Waals surface area contributed by atoms with Crippen molar-refractivity contribution >= 4 is 24.1 Å². The maximum absolute atomic E-state index is 10.4. The van der Waals surface area contributed by atoms with Crippen molar-refractivity contribution in [3.63, 3.8) is 0 Å². The molecule has 1 saturated heterocycles. The van der Waals surface area contributed by atoms with Crippen LogP contribution in [0.3, 0.4) is 0 Å². The summed E-state index contributed by atoms with van der Waals surface area (Å²) < 4.78 is 1.64. The van der Waals surface area contributed by atoms with Crippen LogP contribution >= 0.6 is 0 Å². The third-order valence-electron chi connectivity index (χ3n) is 3.52. The zero-order valence-electron chi connectivity index (χ0n) is 12.0. The Kier molecular flexibility index (Phi) is 3.60. The second-order valence-corrected chi connectivity index (χ2v) is 5.09. The number of aliphatic hydroxyl groups is 1. The van der Waals surface area contributed by atoms with Gasteiger partial charge in [0.05, 0.1) is 18.0 Å². The molecule has 22 heavy (non-hydrogen) atoms. The number of aldehydes is 1. The molecule has 3 rings (SSSR count). The molecule has 3 heterocycles. The molecule has 0 atom stereocenters. The summed E-state index contributed by atoms with van der Waals surface area (Å²) in [6, 6.07) is 1.77. The predicted octanol–water partition coefficient (Wildman–Crippen LogP) is -0.0541. The van der Waals surface area contributed by atoms with Crippen LogP contribution in [0.1, 0.15) is 11.3 Å². The number of hydrogen-bond donors (Lipinski definition) is 2. The normalized spacial score (nSPS) is 15.3. The first-order valence-corrected chi connectivity index (χ1v) is 6.83. The Morgan fingerprint density at radius 3 is 2.77 bits per heavy atom. The standard InChI is InChI=1S/C14H16N6O2/c1-9-10(3-2-4-21)6-16-20(9)13-5-12(17-14(15)18-13)19-7-11(22)8-19/h2-6,11,22H,7-8H2,1H3,(H2,15,17,18)/b3-2+. The Hall–Kier alpha value is -2.74. The number of anilines is 2. The van der Waals surface area contributed by atoms with Gasteiger partial charge in [-0.3, -0.25) is 4.79 Å². The highest BCUT2D eigenvalue weighted by atomic mass is 16.3. The highest BCUT2D eigenvalue weighted by Gasteiger charge is 2.26. The predicted molar refractivity (Wildman–Crippen MR) is 81.6 cm³/mol. The van der Waals surface area contributed by atoms with E-state index < -0.39 is 0 Å². The Bertz CT molecular complexity index is 733. The number of aliphatic hydroxyl groups excluding tert-OH is 1. The summed E-state index contributed by atoms with van der Waals surface area (Å²) >= 11 is 0. The summed E-state index contributed by atoms with van der Waals surface area (Å²) in [5.74, 6) is 1.36. The molecule has 2 aromatic rings. The topological polar surface area (TPSA) is 110 Å². The van der Waals surface area contributed by atoms with Gasteiger partial charge in [-0.05, 0) is 19.1 Å². The summed E-state index contributed by atoms with van der Waals surface area (Å²) in [4.78, 5) is 20.7. The highest BCUT2D eigenvalue weighted by molar-refractivity contribution is 5.74.